The van der Waals surface area contributed by atoms with E-state index >= 15 is 0 Å². The number of halogens is 1. The summed E-state index contributed by atoms with van der Waals surface area (Å²) in [4.78, 5) is 21.3. The number of alkyl carbamates (subject to hydrolysis) is 1. The predicted molar refractivity (Wildman–Crippen MR) is 45.2 cm³/mol. The monoisotopic (exact) mass is 191 g/mol. The van der Waals surface area contributed by atoms with Crippen molar-refractivity contribution in [3.8, 4) is 0 Å². The summed E-state index contributed by atoms with van der Waals surface area (Å²) in [5, 5.41) is 2.14. The molecule has 0 aromatic carbocycles. The van der Waals surface area contributed by atoms with Crippen molar-refractivity contribution in [2.75, 3.05) is 13.2 Å². The summed E-state index contributed by atoms with van der Waals surface area (Å²) in [6.07, 6.45) is -0.714. The van der Waals surface area contributed by atoms with Crippen molar-refractivity contribution in [1.82, 2.24) is 5.32 Å². The number of rotatable bonds is 3. The van der Waals surface area contributed by atoms with Crippen LogP contribution in [-0.4, -0.2) is 30.7 Å². The van der Waals surface area contributed by atoms with Gasteiger partial charge in [-0.2, -0.15) is 0 Å². The normalized spacial score (nSPS) is 10.8. The van der Waals surface area contributed by atoms with Crippen LogP contribution in [0.2, 0.25) is 0 Å². The van der Waals surface area contributed by atoms with Gasteiger partial charge in [-0.25, -0.2) is 9.18 Å². The summed E-state index contributed by atoms with van der Waals surface area (Å²) in [6.45, 7) is 3.69. The van der Waals surface area contributed by atoms with E-state index in [4.69, 9.17) is 4.74 Å². The predicted octanol–water partition coefficient (Wildman–Crippen LogP) is 1.05. The van der Waals surface area contributed by atoms with Gasteiger partial charge in [-0.1, -0.05) is 0 Å². The van der Waals surface area contributed by atoms with Crippen LogP contribution in [0.25, 0.3) is 0 Å². The van der Waals surface area contributed by atoms with Crippen LogP contribution >= 0.6 is 0 Å². The lowest BCUT2D eigenvalue weighted by Crippen LogP contribution is -2.35. The molecule has 0 aliphatic heterocycles. The maximum Gasteiger partial charge on any atom is 0.408 e. The van der Waals surface area contributed by atoms with E-state index in [0.29, 0.717) is 0 Å². The largest absolute Gasteiger partial charge is 0.444 e. The van der Waals surface area contributed by atoms with Crippen molar-refractivity contribution in [2.24, 2.45) is 0 Å². The Bertz CT molecular complexity index is 198. The molecule has 0 saturated heterocycles. The molecule has 5 heteroatoms. The number of ether oxygens (including phenoxy) is 1. The molecule has 0 rings (SSSR count). The zero-order valence-electron chi connectivity index (χ0n) is 8.02. The minimum atomic E-state index is -1.07. The van der Waals surface area contributed by atoms with Crippen molar-refractivity contribution >= 4 is 11.9 Å². The van der Waals surface area contributed by atoms with Crippen LogP contribution in [0, 0.1) is 0 Å². The Morgan fingerprint density at radius 3 is 2.31 bits per heavy atom. The highest BCUT2D eigenvalue weighted by Gasteiger charge is 2.16. The van der Waals surface area contributed by atoms with Crippen molar-refractivity contribution in [1.29, 1.82) is 0 Å². The first-order chi connectivity index (χ1) is 5.85. The van der Waals surface area contributed by atoms with Crippen molar-refractivity contribution < 1.29 is 18.7 Å². The number of ketones is 1. The lowest BCUT2D eigenvalue weighted by atomic mass is 10.2. The Labute approximate surface area is 76.4 Å². The molecule has 0 atom stereocenters. The van der Waals surface area contributed by atoms with Gasteiger partial charge in [0.05, 0.1) is 6.54 Å². The number of hydrogen-bond donors (Lipinski definition) is 1. The Kier molecular flexibility index (Phi) is 4.37. The zero-order valence-corrected chi connectivity index (χ0v) is 8.02. The van der Waals surface area contributed by atoms with Gasteiger partial charge in [-0.15, -0.1) is 0 Å². The maximum absolute atomic E-state index is 11.6. The average Bonchev–Trinajstić information content (AvgIpc) is 1.97. The number of carbonyl (C=O) groups is 2. The van der Waals surface area contributed by atoms with E-state index in [1.54, 1.807) is 20.8 Å². The Balaban J connectivity index is 3.71. The standard InChI is InChI=1S/C8H14FNO3/c1-8(2,3)13-7(12)10-5-6(11)4-9/h4-5H2,1-3H3,(H,10,12). The number of nitrogens with one attached hydrogen (secondary N) is 1. The van der Waals surface area contributed by atoms with Gasteiger partial charge in [0.25, 0.3) is 0 Å². The Hall–Kier alpha value is -1.13. The number of alkyl halides is 1. The molecule has 0 bridgehead atoms. The van der Waals surface area contributed by atoms with E-state index in [2.05, 4.69) is 5.32 Å². The van der Waals surface area contributed by atoms with Crippen LogP contribution in [0.1, 0.15) is 20.8 Å². The second-order valence-corrected chi connectivity index (χ2v) is 3.53. The van der Waals surface area contributed by atoms with Gasteiger partial charge in [-0.3, -0.25) is 4.79 Å². The molecule has 76 valence electrons. The summed E-state index contributed by atoms with van der Waals surface area (Å²) in [6, 6.07) is 0. The lowest BCUT2D eigenvalue weighted by Gasteiger charge is -2.19. The first-order valence-corrected chi connectivity index (χ1v) is 3.89. The molecule has 0 radical (unpaired) electrons. The quantitative estimate of drug-likeness (QED) is 0.725. The molecule has 0 aliphatic carbocycles. The minimum Gasteiger partial charge on any atom is -0.444 e. The summed E-state index contributed by atoms with van der Waals surface area (Å²) in [5.74, 6) is -0.675. The molecular formula is C8H14FNO3. The average molecular weight is 191 g/mol. The molecule has 0 spiro atoms. The molecule has 1 N–H and O–H groups in total. The molecule has 13 heavy (non-hydrogen) atoms. The zero-order chi connectivity index (χ0) is 10.5. The third-order valence-corrected chi connectivity index (χ3v) is 0.978. The smallest absolute Gasteiger partial charge is 0.408 e. The molecule has 0 heterocycles. The summed E-state index contributed by atoms with van der Waals surface area (Å²) in [5.41, 5.74) is -0.608. The van der Waals surface area contributed by atoms with E-state index in [-0.39, 0.29) is 6.54 Å². The molecule has 0 aromatic heterocycles. The van der Waals surface area contributed by atoms with Gasteiger partial charge in [0.15, 0.2) is 5.78 Å². The van der Waals surface area contributed by atoms with Gasteiger partial charge in [0, 0.05) is 0 Å². The van der Waals surface area contributed by atoms with E-state index in [1.165, 1.54) is 0 Å². The first kappa shape index (κ1) is 11.9. The highest BCUT2D eigenvalue weighted by Crippen LogP contribution is 2.05. The fourth-order valence-corrected chi connectivity index (χ4v) is 0.532. The van der Waals surface area contributed by atoms with Gasteiger partial charge >= 0.3 is 6.09 Å². The van der Waals surface area contributed by atoms with Crippen LogP contribution in [0.3, 0.4) is 0 Å². The fraction of sp³-hybridized carbons (Fsp3) is 0.750. The van der Waals surface area contributed by atoms with Crippen molar-refractivity contribution in [3.63, 3.8) is 0 Å². The Morgan fingerprint density at radius 2 is 1.92 bits per heavy atom. The van der Waals surface area contributed by atoms with Crippen LogP contribution in [0.15, 0.2) is 0 Å². The molecule has 0 fully saturated rings. The second-order valence-electron chi connectivity index (χ2n) is 3.53. The molecular weight excluding hydrogens is 177 g/mol. The first-order valence-electron chi connectivity index (χ1n) is 3.89. The van der Waals surface area contributed by atoms with Gasteiger partial charge in [-0.05, 0) is 20.8 Å². The third kappa shape index (κ3) is 7.24. The second kappa shape index (κ2) is 4.79. The molecule has 1 amide bonds. The van der Waals surface area contributed by atoms with E-state index in [9.17, 15) is 14.0 Å². The number of Topliss-reactive ketones (excluding diaryl/α,β-unsaturated/α-hetero) is 1. The maximum atomic E-state index is 11.6. The van der Waals surface area contributed by atoms with Crippen molar-refractivity contribution in [2.45, 2.75) is 26.4 Å². The molecule has 0 unspecified atom stereocenters. The third-order valence-electron chi connectivity index (χ3n) is 0.978. The summed E-state index contributed by atoms with van der Waals surface area (Å²) < 4.78 is 16.4. The summed E-state index contributed by atoms with van der Waals surface area (Å²) >= 11 is 0. The molecule has 0 aromatic rings. The van der Waals surface area contributed by atoms with Crippen molar-refractivity contribution in [3.05, 3.63) is 0 Å². The van der Waals surface area contributed by atoms with Crippen LogP contribution in [-0.2, 0) is 9.53 Å². The summed E-state index contributed by atoms with van der Waals surface area (Å²) in [7, 11) is 0. The highest BCUT2D eigenvalue weighted by atomic mass is 19.1. The van der Waals surface area contributed by atoms with E-state index in [1.807, 2.05) is 0 Å². The van der Waals surface area contributed by atoms with Gasteiger partial charge < -0.3 is 10.1 Å². The van der Waals surface area contributed by atoms with Crippen LogP contribution in [0.5, 0.6) is 0 Å². The number of carbonyl (C=O) groups excluding carboxylic acids is 2. The highest BCUT2D eigenvalue weighted by molar-refractivity contribution is 5.84. The fourth-order valence-electron chi connectivity index (χ4n) is 0.532. The Morgan fingerprint density at radius 1 is 1.38 bits per heavy atom. The lowest BCUT2D eigenvalue weighted by molar-refractivity contribution is -0.119. The molecule has 4 nitrogen and oxygen atoms in total. The van der Waals surface area contributed by atoms with E-state index < -0.39 is 24.2 Å². The SMILES string of the molecule is CC(C)(C)OC(=O)NCC(=O)CF. The van der Waals surface area contributed by atoms with Gasteiger partial charge in [0.2, 0.25) is 0 Å². The minimum absolute atomic E-state index is 0.328. The van der Waals surface area contributed by atoms with Crippen LogP contribution in [0.4, 0.5) is 9.18 Å². The van der Waals surface area contributed by atoms with E-state index in [0.717, 1.165) is 0 Å². The number of hydrogen-bond acceptors (Lipinski definition) is 3. The molecule has 0 aliphatic rings. The molecule has 0 saturated carbocycles. The van der Waals surface area contributed by atoms with Crippen LogP contribution < -0.4 is 5.32 Å². The number of amides is 1. The van der Waals surface area contributed by atoms with Gasteiger partial charge in [0.1, 0.15) is 12.3 Å². The topological polar surface area (TPSA) is 55.4 Å².